The van der Waals surface area contributed by atoms with Crippen LogP contribution >= 0.6 is 0 Å². The van der Waals surface area contributed by atoms with E-state index in [2.05, 4.69) is 64.4 Å². The molecule has 1 aliphatic rings. The van der Waals surface area contributed by atoms with Gasteiger partial charge in [-0.2, -0.15) is 10.1 Å². The van der Waals surface area contributed by atoms with Crippen LogP contribution in [0.1, 0.15) is 30.2 Å². The van der Waals surface area contributed by atoms with E-state index in [1.165, 1.54) is 16.8 Å². The van der Waals surface area contributed by atoms with Crippen molar-refractivity contribution in [2.45, 2.75) is 45.7 Å². The Balaban J connectivity index is 1.41. The van der Waals surface area contributed by atoms with E-state index in [0.717, 1.165) is 42.6 Å². The Kier molecular flexibility index (Phi) is 4.11. The molecule has 5 rings (SSSR count). The molecule has 4 aromatic rings. The predicted octanol–water partition coefficient (Wildman–Crippen LogP) is 3.89. The Bertz CT molecular complexity index is 1120. The average Bonchev–Trinajstić information content (AvgIpc) is 3.31. The summed E-state index contributed by atoms with van der Waals surface area (Å²) in [6, 6.07) is 13.0. The van der Waals surface area contributed by atoms with E-state index in [0.29, 0.717) is 12.0 Å². The van der Waals surface area contributed by atoms with Gasteiger partial charge in [0.15, 0.2) is 5.65 Å². The summed E-state index contributed by atoms with van der Waals surface area (Å²) in [7, 11) is 0. The van der Waals surface area contributed by atoms with Gasteiger partial charge >= 0.3 is 0 Å². The largest absolute Gasteiger partial charge is 0.350 e. The smallest absolute Gasteiger partial charge is 0.243 e. The Hall–Kier alpha value is -3.15. The highest BCUT2D eigenvalue weighted by Crippen LogP contribution is 2.26. The minimum absolute atomic E-state index is 0.335. The lowest BCUT2D eigenvalue weighted by Gasteiger charge is -2.23. The number of aryl methyl sites for hydroxylation is 2. The van der Waals surface area contributed by atoms with E-state index in [-0.39, 0.29) is 0 Å². The summed E-state index contributed by atoms with van der Waals surface area (Å²) in [5, 5.41) is 12.7. The highest BCUT2D eigenvalue weighted by atomic mass is 15.3. The van der Waals surface area contributed by atoms with Gasteiger partial charge in [-0.3, -0.25) is 4.68 Å². The molecule has 0 amide bonds. The third-order valence-corrected chi connectivity index (χ3v) is 5.59. The Morgan fingerprint density at radius 2 is 2.04 bits per heavy atom. The van der Waals surface area contributed by atoms with Gasteiger partial charge in [0, 0.05) is 30.0 Å². The predicted molar refractivity (Wildman–Crippen MR) is 110 cm³/mol. The first-order valence-electron chi connectivity index (χ1n) is 9.94. The molecule has 6 nitrogen and oxygen atoms in total. The first-order valence-corrected chi connectivity index (χ1v) is 9.94. The van der Waals surface area contributed by atoms with Gasteiger partial charge in [-0.1, -0.05) is 29.8 Å². The molecule has 0 aliphatic heterocycles. The van der Waals surface area contributed by atoms with Crippen LogP contribution in [0.5, 0.6) is 0 Å². The molecule has 142 valence electrons. The number of anilines is 1. The molecule has 0 bridgehead atoms. The number of fused-ring (bicyclic) bond motifs is 2. The number of nitrogens with one attached hydrogen (secondary N) is 1. The number of hydrogen-bond acceptors (Lipinski definition) is 4. The fourth-order valence-corrected chi connectivity index (χ4v) is 4.09. The molecule has 6 heteroatoms. The zero-order valence-electron chi connectivity index (χ0n) is 16.3. The van der Waals surface area contributed by atoms with E-state index in [4.69, 9.17) is 4.98 Å². The molecule has 3 heterocycles. The number of aromatic nitrogens is 5. The van der Waals surface area contributed by atoms with Crippen molar-refractivity contribution in [3.05, 3.63) is 65.6 Å². The summed E-state index contributed by atoms with van der Waals surface area (Å²) in [5.41, 5.74) is 7.11. The second-order valence-electron chi connectivity index (χ2n) is 7.51. The monoisotopic (exact) mass is 372 g/mol. The third kappa shape index (κ3) is 2.95. The standard InChI is InChI=1S/C22H24N6/c1-3-27-20-11-10-18(13-17(20)14-23-27)24-22-25-21-19(5-4-12-28(21)26-22)16-8-6-15(2)7-9-16/h4-9,12,14,18H,3,10-11,13H2,1-2H3,(H,24,26). The molecule has 0 saturated heterocycles. The first kappa shape index (κ1) is 17.0. The maximum Gasteiger partial charge on any atom is 0.243 e. The van der Waals surface area contributed by atoms with Gasteiger partial charge < -0.3 is 5.32 Å². The fraction of sp³-hybridized carbons (Fsp3) is 0.318. The third-order valence-electron chi connectivity index (χ3n) is 5.59. The quantitative estimate of drug-likeness (QED) is 0.590. The van der Waals surface area contributed by atoms with E-state index in [1.54, 1.807) is 0 Å². The molecule has 1 aromatic carbocycles. The van der Waals surface area contributed by atoms with Crippen LogP contribution in [0.25, 0.3) is 16.8 Å². The number of benzene rings is 1. The number of nitrogens with zero attached hydrogens (tertiary/aromatic N) is 5. The maximum atomic E-state index is 4.80. The van der Waals surface area contributed by atoms with Gasteiger partial charge in [0.05, 0.1) is 6.20 Å². The van der Waals surface area contributed by atoms with Crippen LogP contribution in [0.4, 0.5) is 5.95 Å². The summed E-state index contributed by atoms with van der Waals surface area (Å²) in [6.45, 7) is 5.18. The summed E-state index contributed by atoms with van der Waals surface area (Å²) in [6.07, 6.45) is 7.05. The van der Waals surface area contributed by atoms with Crippen LogP contribution in [-0.4, -0.2) is 30.4 Å². The lowest BCUT2D eigenvalue weighted by molar-refractivity contribution is 0.552. The van der Waals surface area contributed by atoms with Crippen molar-refractivity contribution in [1.29, 1.82) is 0 Å². The molecule has 3 aromatic heterocycles. The second-order valence-corrected chi connectivity index (χ2v) is 7.51. The highest BCUT2D eigenvalue weighted by molar-refractivity contribution is 5.77. The summed E-state index contributed by atoms with van der Waals surface area (Å²) >= 11 is 0. The van der Waals surface area contributed by atoms with Crippen LogP contribution < -0.4 is 5.32 Å². The number of pyridine rings is 1. The van der Waals surface area contributed by atoms with Crippen molar-refractivity contribution in [1.82, 2.24) is 24.4 Å². The molecule has 0 saturated carbocycles. The first-order chi connectivity index (χ1) is 13.7. The number of hydrogen-bond donors (Lipinski definition) is 1. The van der Waals surface area contributed by atoms with Crippen molar-refractivity contribution in [2.75, 3.05) is 5.32 Å². The van der Waals surface area contributed by atoms with Crippen molar-refractivity contribution in [2.24, 2.45) is 0 Å². The van der Waals surface area contributed by atoms with Gasteiger partial charge in [-0.25, -0.2) is 4.52 Å². The SMILES string of the molecule is CCn1ncc2c1CCC(Nc1nc3c(-c4ccc(C)cc4)cccn3n1)C2. The summed E-state index contributed by atoms with van der Waals surface area (Å²) in [5.74, 6) is 0.691. The maximum absolute atomic E-state index is 4.80. The molecule has 0 fully saturated rings. The zero-order chi connectivity index (χ0) is 19.1. The van der Waals surface area contributed by atoms with E-state index < -0.39 is 0 Å². The van der Waals surface area contributed by atoms with Gasteiger partial charge in [-0.05, 0) is 56.4 Å². The van der Waals surface area contributed by atoms with Crippen molar-refractivity contribution >= 4 is 11.6 Å². The molecule has 0 spiro atoms. The molecule has 1 atom stereocenters. The van der Waals surface area contributed by atoms with Crippen LogP contribution in [0.3, 0.4) is 0 Å². The Morgan fingerprint density at radius 3 is 2.86 bits per heavy atom. The molecule has 1 aliphatic carbocycles. The number of rotatable bonds is 4. The van der Waals surface area contributed by atoms with E-state index >= 15 is 0 Å². The van der Waals surface area contributed by atoms with Crippen molar-refractivity contribution in [3.8, 4) is 11.1 Å². The van der Waals surface area contributed by atoms with Crippen LogP contribution in [0, 0.1) is 6.92 Å². The topological polar surface area (TPSA) is 60.0 Å². The van der Waals surface area contributed by atoms with E-state index in [9.17, 15) is 0 Å². The van der Waals surface area contributed by atoms with Crippen LogP contribution in [0.15, 0.2) is 48.8 Å². The van der Waals surface area contributed by atoms with Gasteiger partial charge in [0.1, 0.15) is 0 Å². The summed E-state index contributed by atoms with van der Waals surface area (Å²) < 4.78 is 3.98. The second kappa shape index (κ2) is 6.78. The van der Waals surface area contributed by atoms with Gasteiger partial charge in [0.25, 0.3) is 0 Å². The minimum Gasteiger partial charge on any atom is -0.350 e. The van der Waals surface area contributed by atoms with Crippen molar-refractivity contribution < 1.29 is 0 Å². The lowest BCUT2D eigenvalue weighted by atomic mass is 9.93. The van der Waals surface area contributed by atoms with Gasteiger partial charge in [0.2, 0.25) is 5.95 Å². The Labute approximate surface area is 164 Å². The average molecular weight is 372 g/mol. The highest BCUT2D eigenvalue weighted by Gasteiger charge is 2.23. The normalized spacial score (nSPS) is 16.3. The van der Waals surface area contributed by atoms with Crippen molar-refractivity contribution in [3.63, 3.8) is 0 Å². The molecular weight excluding hydrogens is 348 g/mol. The van der Waals surface area contributed by atoms with Crippen LogP contribution in [-0.2, 0) is 19.4 Å². The minimum atomic E-state index is 0.335. The van der Waals surface area contributed by atoms with Gasteiger partial charge in [-0.15, -0.1) is 5.10 Å². The van der Waals surface area contributed by atoms with Crippen LogP contribution in [0.2, 0.25) is 0 Å². The summed E-state index contributed by atoms with van der Waals surface area (Å²) in [4.78, 5) is 4.80. The lowest BCUT2D eigenvalue weighted by Crippen LogP contribution is -2.28. The Morgan fingerprint density at radius 1 is 1.18 bits per heavy atom. The zero-order valence-corrected chi connectivity index (χ0v) is 16.3. The molecular formula is C22H24N6. The molecule has 0 radical (unpaired) electrons. The van der Waals surface area contributed by atoms with E-state index in [1.807, 2.05) is 23.0 Å². The molecule has 28 heavy (non-hydrogen) atoms. The molecule has 1 unspecified atom stereocenters. The molecule has 1 N–H and O–H groups in total. The fourth-order valence-electron chi connectivity index (χ4n) is 4.09.